The second-order valence-corrected chi connectivity index (χ2v) is 5.97. The lowest BCUT2D eigenvalue weighted by Crippen LogP contribution is -2.29. The number of nitrogens with zero attached hydrogens (tertiary/aromatic N) is 4. The number of nitrogens with two attached hydrogens (primary N) is 1. The van der Waals surface area contributed by atoms with Crippen LogP contribution in [0.2, 0.25) is 0 Å². The number of rotatable bonds is 5. The third-order valence-electron chi connectivity index (χ3n) is 3.51. The molecule has 0 aliphatic heterocycles. The van der Waals surface area contributed by atoms with E-state index in [9.17, 15) is 26.3 Å². The Morgan fingerprint density at radius 1 is 1.09 bits per heavy atom. The summed E-state index contributed by atoms with van der Waals surface area (Å²) in [5.74, 6) is -5.51. The van der Waals surface area contributed by atoms with Crippen molar-refractivity contribution < 1.29 is 46.1 Å². The fourth-order valence-electron chi connectivity index (χ4n) is 1.93. The minimum atomic E-state index is -5.08. The molecule has 1 aromatic heterocycles. The van der Waals surface area contributed by atoms with Gasteiger partial charge in [0, 0.05) is 32.0 Å². The number of imidazole rings is 1. The number of benzene rings is 1. The fourth-order valence-corrected chi connectivity index (χ4v) is 1.93. The van der Waals surface area contributed by atoms with Gasteiger partial charge in [0.1, 0.15) is 0 Å². The van der Waals surface area contributed by atoms with Gasteiger partial charge >= 0.3 is 24.3 Å². The third kappa shape index (κ3) is 11.4. The molecule has 9 nitrogen and oxygen atoms in total. The predicted octanol–water partition coefficient (Wildman–Crippen LogP) is 2.52. The highest BCUT2D eigenvalue weighted by Gasteiger charge is 2.38. The molecule has 33 heavy (non-hydrogen) atoms. The van der Waals surface area contributed by atoms with Crippen molar-refractivity contribution in [3.8, 4) is 6.07 Å². The van der Waals surface area contributed by atoms with E-state index in [1.807, 2.05) is 42.1 Å². The number of hydrogen-bond donors (Lipinski definition) is 3. The van der Waals surface area contributed by atoms with Crippen LogP contribution < -0.4 is 10.6 Å². The summed E-state index contributed by atoms with van der Waals surface area (Å²) in [5, 5.41) is 23.1. The molecule has 15 heteroatoms. The first-order valence-electron chi connectivity index (χ1n) is 8.64. The zero-order valence-corrected chi connectivity index (χ0v) is 16.9. The summed E-state index contributed by atoms with van der Waals surface area (Å²) in [6, 6.07) is 9.66. The number of carbonyl (C=O) groups is 2. The highest BCUT2D eigenvalue weighted by Crippen LogP contribution is 2.17. The molecular formula is C18H19F6N5O4. The lowest BCUT2D eigenvalue weighted by Gasteiger charge is -2.24. The van der Waals surface area contributed by atoms with Crippen LogP contribution in [0.3, 0.4) is 0 Å². The van der Waals surface area contributed by atoms with E-state index in [0.717, 1.165) is 24.5 Å². The van der Waals surface area contributed by atoms with Crippen LogP contribution in [0.5, 0.6) is 0 Å². The standard InChI is InChI=1S/C14H17N5.2C2HF3O2/c1-18-11-17-9-14(18)10-19(7-6-15)13-4-2-12(8-16)3-5-13;2*3-2(4,5)1(6)7/h2-5,9,11H,6-7,10,15H2,1H3;2*(H,6,7). The van der Waals surface area contributed by atoms with E-state index in [0.29, 0.717) is 12.1 Å². The topological polar surface area (TPSA) is 145 Å². The molecule has 0 bridgehead atoms. The number of halogens is 6. The molecule has 0 unspecified atom stereocenters. The molecular weight excluding hydrogens is 464 g/mol. The molecule has 182 valence electrons. The minimum absolute atomic E-state index is 0.581. The van der Waals surface area contributed by atoms with E-state index < -0.39 is 24.3 Å². The van der Waals surface area contributed by atoms with Gasteiger partial charge in [-0.15, -0.1) is 0 Å². The van der Waals surface area contributed by atoms with E-state index in [1.165, 1.54) is 0 Å². The van der Waals surface area contributed by atoms with Crippen molar-refractivity contribution >= 4 is 17.6 Å². The summed E-state index contributed by atoms with van der Waals surface area (Å²) < 4.78 is 65.5. The second kappa shape index (κ2) is 12.9. The number of nitriles is 1. The number of aryl methyl sites for hydroxylation is 1. The van der Waals surface area contributed by atoms with Gasteiger partial charge in [-0.05, 0) is 24.3 Å². The number of aromatic nitrogens is 2. The van der Waals surface area contributed by atoms with E-state index in [-0.39, 0.29) is 0 Å². The van der Waals surface area contributed by atoms with Crippen molar-refractivity contribution in [2.24, 2.45) is 12.8 Å². The molecule has 0 radical (unpaired) electrons. The second-order valence-electron chi connectivity index (χ2n) is 5.97. The van der Waals surface area contributed by atoms with Gasteiger partial charge in [0.05, 0.1) is 30.2 Å². The first-order valence-corrected chi connectivity index (χ1v) is 8.64. The van der Waals surface area contributed by atoms with Crippen molar-refractivity contribution in [1.29, 1.82) is 5.26 Å². The first-order chi connectivity index (χ1) is 15.1. The van der Waals surface area contributed by atoms with Crippen molar-refractivity contribution in [3.05, 3.63) is 48.0 Å². The van der Waals surface area contributed by atoms with Crippen LogP contribution in [0.25, 0.3) is 0 Å². The minimum Gasteiger partial charge on any atom is -0.475 e. The maximum atomic E-state index is 10.6. The van der Waals surface area contributed by atoms with E-state index >= 15 is 0 Å². The van der Waals surface area contributed by atoms with Crippen molar-refractivity contribution in [3.63, 3.8) is 0 Å². The largest absolute Gasteiger partial charge is 0.490 e. The van der Waals surface area contributed by atoms with Crippen LogP contribution in [-0.4, -0.2) is 57.1 Å². The molecule has 0 fully saturated rings. The van der Waals surface area contributed by atoms with Crippen LogP contribution in [0, 0.1) is 11.3 Å². The molecule has 0 aliphatic carbocycles. The molecule has 0 amide bonds. The van der Waals surface area contributed by atoms with Gasteiger partial charge < -0.3 is 25.4 Å². The summed E-state index contributed by atoms with van der Waals surface area (Å²) in [6.45, 7) is 2.09. The Bertz CT molecular complexity index is 912. The van der Waals surface area contributed by atoms with Gasteiger partial charge in [-0.25, -0.2) is 14.6 Å². The van der Waals surface area contributed by atoms with Gasteiger partial charge in [0.15, 0.2) is 0 Å². The zero-order valence-electron chi connectivity index (χ0n) is 16.9. The highest BCUT2D eigenvalue weighted by atomic mass is 19.4. The maximum absolute atomic E-state index is 10.6. The first kappa shape index (κ1) is 29.2. The monoisotopic (exact) mass is 483 g/mol. The van der Waals surface area contributed by atoms with Crippen LogP contribution >= 0.6 is 0 Å². The van der Waals surface area contributed by atoms with E-state index in [4.69, 9.17) is 30.8 Å². The quantitative estimate of drug-likeness (QED) is 0.550. The molecule has 0 saturated heterocycles. The lowest BCUT2D eigenvalue weighted by molar-refractivity contribution is -0.193. The number of carboxylic acids is 2. The van der Waals surface area contributed by atoms with E-state index in [2.05, 4.69) is 16.0 Å². The average Bonchev–Trinajstić information content (AvgIpc) is 3.12. The Morgan fingerprint density at radius 2 is 1.55 bits per heavy atom. The van der Waals surface area contributed by atoms with Crippen LogP contribution in [0.1, 0.15) is 11.3 Å². The summed E-state index contributed by atoms with van der Waals surface area (Å²) in [5.41, 5.74) is 8.52. The predicted molar refractivity (Wildman–Crippen MR) is 102 cm³/mol. The van der Waals surface area contributed by atoms with Gasteiger partial charge in [-0.3, -0.25) is 0 Å². The third-order valence-corrected chi connectivity index (χ3v) is 3.51. The zero-order chi connectivity index (χ0) is 25.8. The molecule has 2 rings (SSSR count). The highest BCUT2D eigenvalue weighted by molar-refractivity contribution is 5.73. The Morgan fingerprint density at radius 3 is 1.85 bits per heavy atom. The van der Waals surface area contributed by atoms with Crippen LogP contribution in [0.15, 0.2) is 36.8 Å². The van der Waals surface area contributed by atoms with Gasteiger partial charge in [-0.2, -0.15) is 31.6 Å². The Balaban J connectivity index is 0.000000605. The molecule has 0 atom stereocenters. The lowest BCUT2D eigenvalue weighted by atomic mass is 10.2. The van der Waals surface area contributed by atoms with Gasteiger partial charge in [-0.1, -0.05) is 0 Å². The fraction of sp³-hybridized carbons (Fsp3) is 0.333. The molecule has 0 spiro atoms. The summed E-state index contributed by atoms with van der Waals surface area (Å²) in [6.07, 6.45) is -6.53. The van der Waals surface area contributed by atoms with Crippen molar-refractivity contribution in [2.45, 2.75) is 18.9 Å². The van der Waals surface area contributed by atoms with Crippen LogP contribution in [-0.2, 0) is 23.2 Å². The SMILES string of the molecule is Cn1cncc1CN(CCN)c1ccc(C#N)cc1.O=C(O)C(F)(F)F.O=C(O)C(F)(F)F. The Labute approximate surface area is 183 Å². The normalized spacial score (nSPS) is 10.6. The Kier molecular flexibility index (Phi) is 11.4. The maximum Gasteiger partial charge on any atom is 0.490 e. The molecule has 1 heterocycles. The molecule has 1 aromatic carbocycles. The molecule has 2 aromatic rings. The average molecular weight is 483 g/mol. The van der Waals surface area contributed by atoms with Gasteiger partial charge in [0.2, 0.25) is 0 Å². The number of hydrogen-bond acceptors (Lipinski definition) is 6. The number of aliphatic carboxylic acids is 2. The summed E-state index contributed by atoms with van der Waals surface area (Å²) in [4.78, 5) is 24.1. The summed E-state index contributed by atoms with van der Waals surface area (Å²) >= 11 is 0. The van der Waals surface area contributed by atoms with Crippen molar-refractivity contribution in [1.82, 2.24) is 9.55 Å². The van der Waals surface area contributed by atoms with Crippen molar-refractivity contribution in [2.75, 3.05) is 18.0 Å². The van der Waals surface area contributed by atoms with E-state index in [1.54, 1.807) is 6.33 Å². The number of carboxylic acid groups (broad SMARTS) is 2. The summed E-state index contributed by atoms with van der Waals surface area (Å²) in [7, 11) is 1.97. The smallest absolute Gasteiger partial charge is 0.475 e. The Hall–Kier alpha value is -3.80. The van der Waals surface area contributed by atoms with Crippen LogP contribution in [0.4, 0.5) is 32.0 Å². The molecule has 0 saturated carbocycles. The molecule has 4 N–H and O–H groups in total. The van der Waals surface area contributed by atoms with Gasteiger partial charge in [0.25, 0.3) is 0 Å². The molecule has 0 aliphatic rings. The number of alkyl halides is 6. The number of anilines is 1.